The van der Waals surface area contributed by atoms with Crippen LogP contribution in [-0.2, 0) is 9.09 Å². The number of phosphoric ester groups is 1. The molecular weight excluding hydrogens is 429 g/mol. The predicted octanol–water partition coefficient (Wildman–Crippen LogP) is 5.65. The van der Waals surface area contributed by atoms with Gasteiger partial charge in [0.1, 0.15) is 0 Å². The normalized spacial score (nSPS) is 11.6. The summed E-state index contributed by atoms with van der Waals surface area (Å²) in [7, 11) is -4.23. The Hall–Kier alpha value is -0.0100. The van der Waals surface area contributed by atoms with Gasteiger partial charge in [0.25, 0.3) is 0 Å². The Morgan fingerprint density at radius 3 is 1.34 bits per heavy atom. The first-order valence-electron chi connectivity index (χ1n) is 13.0. The maximum Gasteiger partial charge on any atom is 0.469 e. The van der Waals surface area contributed by atoms with Crippen LogP contribution in [0.25, 0.3) is 0 Å². The van der Waals surface area contributed by atoms with E-state index in [-0.39, 0.29) is 19.8 Å². The molecule has 0 amide bonds. The molecule has 7 nitrogen and oxygen atoms in total. The van der Waals surface area contributed by atoms with Crippen LogP contribution in [0.3, 0.4) is 0 Å². The van der Waals surface area contributed by atoms with E-state index in [1.54, 1.807) is 0 Å². The first-order valence-corrected chi connectivity index (χ1v) is 14.6. The Bertz CT molecular complexity index is 389. The molecule has 0 bridgehead atoms. The number of aliphatic hydroxyl groups excluding tert-OH is 2. The van der Waals surface area contributed by atoms with Gasteiger partial charge in [0.2, 0.25) is 0 Å². The van der Waals surface area contributed by atoms with Crippen LogP contribution < -0.4 is 0 Å². The van der Waals surface area contributed by atoms with Gasteiger partial charge in [-0.25, -0.2) is 4.57 Å². The lowest BCUT2D eigenvalue weighted by atomic mass is 10.1. The van der Waals surface area contributed by atoms with Crippen LogP contribution in [0, 0.1) is 0 Å². The van der Waals surface area contributed by atoms with Crippen LogP contribution in [0.2, 0.25) is 0 Å². The second kappa shape index (κ2) is 27.2. The topological polar surface area (TPSA) is 110 Å². The first-order chi connectivity index (χ1) is 15.4. The summed E-state index contributed by atoms with van der Waals surface area (Å²) in [5.41, 5.74) is 0. The molecule has 196 valence electrons. The molecule has 8 heteroatoms. The van der Waals surface area contributed by atoms with Crippen LogP contribution in [0.1, 0.15) is 117 Å². The molecule has 0 aromatic rings. The highest BCUT2D eigenvalue weighted by molar-refractivity contribution is 7.46. The van der Waals surface area contributed by atoms with Crippen molar-refractivity contribution in [2.75, 3.05) is 39.5 Å². The largest absolute Gasteiger partial charge is 0.469 e. The van der Waals surface area contributed by atoms with Crippen molar-refractivity contribution in [2.45, 2.75) is 117 Å². The third kappa shape index (κ3) is 32.2. The number of phosphoric acid groups is 1. The van der Waals surface area contributed by atoms with Crippen molar-refractivity contribution in [1.29, 1.82) is 0 Å². The molecule has 4 N–H and O–H groups in total. The minimum atomic E-state index is -4.23. The molecule has 32 heavy (non-hydrogen) atoms. The summed E-state index contributed by atoms with van der Waals surface area (Å²) >= 11 is 0. The monoisotopic (exact) mass is 483 g/mol. The van der Waals surface area contributed by atoms with Crippen LogP contribution >= 0.6 is 7.82 Å². The van der Waals surface area contributed by atoms with Crippen molar-refractivity contribution in [2.24, 2.45) is 0 Å². The zero-order valence-corrected chi connectivity index (χ0v) is 22.0. The fourth-order valence-electron chi connectivity index (χ4n) is 3.51. The molecule has 0 aliphatic carbocycles. The average Bonchev–Trinajstić information content (AvgIpc) is 2.74. The van der Waals surface area contributed by atoms with Gasteiger partial charge >= 0.3 is 7.82 Å². The quantitative estimate of drug-likeness (QED) is 0.110. The molecule has 0 aromatic carbocycles. The Morgan fingerprint density at radius 2 is 0.969 bits per heavy atom. The molecule has 0 saturated carbocycles. The van der Waals surface area contributed by atoms with Gasteiger partial charge in [-0.3, -0.25) is 9.42 Å². The maximum atomic E-state index is 10.2. The average molecular weight is 484 g/mol. The molecule has 0 fully saturated rings. The third-order valence-corrected chi connectivity index (χ3v) is 5.94. The van der Waals surface area contributed by atoms with Gasteiger partial charge in [-0.1, -0.05) is 104 Å². The second-order valence-corrected chi connectivity index (χ2v) is 9.80. The van der Waals surface area contributed by atoms with Crippen molar-refractivity contribution in [3.8, 4) is 0 Å². The minimum Gasteiger partial charge on any atom is -0.395 e. The van der Waals surface area contributed by atoms with Crippen molar-refractivity contribution < 1.29 is 29.1 Å². The van der Waals surface area contributed by atoms with E-state index in [2.05, 4.69) is 23.3 Å². The van der Waals surface area contributed by atoms with Crippen LogP contribution in [-0.4, -0.2) is 64.4 Å². The lowest BCUT2D eigenvalue weighted by Gasteiger charge is -2.19. The summed E-state index contributed by atoms with van der Waals surface area (Å²) < 4.78 is 14.5. The number of hydrogen-bond donors (Lipinski definition) is 4. The zero-order chi connectivity index (χ0) is 24.3. The lowest BCUT2D eigenvalue weighted by Crippen LogP contribution is -2.30. The minimum absolute atomic E-state index is 0.163. The highest BCUT2D eigenvalue weighted by Gasteiger charge is 2.12. The van der Waals surface area contributed by atoms with Crippen LogP contribution in [0.15, 0.2) is 0 Å². The molecular formula is C24H54NO6P. The second-order valence-electron chi connectivity index (χ2n) is 8.56. The number of rotatable bonds is 23. The van der Waals surface area contributed by atoms with E-state index in [9.17, 15) is 4.57 Å². The number of aliphatic hydroxyl groups is 2. The van der Waals surface area contributed by atoms with Gasteiger partial charge in [-0.05, 0) is 19.4 Å². The van der Waals surface area contributed by atoms with Gasteiger partial charge in [-0.2, -0.15) is 0 Å². The number of hydrogen-bond acceptors (Lipinski definition) is 5. The van der Waals surface area contributed by atoms with E-state index < -0.39 is 7.82 Å². The summed E-state index contributed by atoms with van der Waals surface area (Å²) in [6.45, 7) is 7.35. The predicted molar refractivity (Wildman–Crippen MR) is 134 cm³/mol. The van der Waals surface area contributed by atoms with Crippen LogP contribution in [0.5, 0.6) is 0 Å². The summed E-state index contributed by atoms with van der Waals surface area (Å²) in [6.07, 6.45) is 20.0. The zero-order valence-electron chi connectivity index (χ0n) is 21.1. The standard InChI is InChI=1S/C16H35NO2.C8H19O4P/c1-2-3-4-5-6-7-8-9-10-11-12-17(13-15-18)14-16-19;1-2-3-4-5-6-7-8-12-13(9,10)11/h18-19H,2-16H2,1H3;2-8H2,1H3,(H2,9,10,11). The molecule has 0 radical (unpaired) electrons. The SMILES string of the molecule is CCCCCCCCCCCCN(CCO)CCO.CCCCCCCCOP(=O)(O)O. The molecule has 0 aliphatic rings. The molecule has 0 unspecified atom stereocenters. The van der Waals surface area contributed by atoms with Gasteiger partial charge in [0, 0.05) is 13.1 Å². The highest BCUT2D eigenvalue weighted by Crippen LogP contribution is 2.35. The lowest BCUT2D eigenvalue weighted by molar-refractivity contribution is 0.159. The van der Waals surface area contributed by atoms with E-state index in [0.717, 1.165) is 25.8 Å². The Balaban J connectivity index is 0. The third-order valence-electron chi connectivity index (χ3n) is 5.42. The van der Waals surface area contributed by atoms with Crippen LogP contribution in [0.4, 0.5) is 0 Å². The fraction of sp³-hybridized carbons (Fsp3) is 1.00. The van der Waals surface area contributed by atoms with Crippen molar-refractivity contribution in [3.05, 3.63) is 0 Å². The number of unbranched alkanes of at least 4 members (excludes halogenated alkanes) is 14. The molecule has 0 aliphatic heterocycles. The summed E-state index contributed by atoms with van der Waals surface area (Å²) in [6, 6.07) is 0. The fourth-order valence-corrected chi connectivity index (χ4v) is 3.87. The number of nitrogens with zero attached hydrogens (tertiary/aromatic N) is 1. The van der Waals surface area contributed by atoms with Gasteiger partial charge < -0.3 is 20.0 Å². The highest BCUT2D eigenvalue weighted by atomic mass is 31.2. The molecule has 0 atom stereocenters. The molecule has 0 saturated heterocycles. The molecule has 0 aromatic heterocycles. The Morgan fingerprint density at radius 1 is 0.594 bits per heavy atom. The van der Waals surface area contributed by atoms with Crippen molar-refractivity contribution in [3.63, 3.8) is 0 Å². The van der Waals surface area contributed by atoms with E-state index >= 15 is 0 Å². The van der Waals surface area contributed by atoms with Crippen molar-refractivity contribution >= 4 is 7.82 Å². The Labute approximate surface area is 198 Å². The summed E-state index contributed by atoms with van der Waals surface area (Å²) in [4.78, 5) is 18.8. The van der Waals surface area contributed by atoms with Gasteiger partial charge in [-0.15, -0.1) is 0 Å². The van der Waals surface area contributed by atoms with E-state index in [4.69, 9.17) is 20.0 Å². The van der Waals surface area contributed by atoms with Gasteiger partial charge in [0.05, 0.1) is 19.8 Å². The molecule has 0 rings (SSSR count). The molecule has 0 spiro atoms. The summed E-state index contributed by atoms with van der Waals surface area (Å²) in [5.74, 6) is 0. The smallest absolute Gasteiger partial charge is 0.395 e. The van der Waals surface area contributed by atoms with Gasteiger partial charge in [0.15, 0.2) is 0 Å². The van der Waals surface area contributed by atoms with E-state index in [1.165, 1.54) is 83.5 Å². The first kappa shape index (κ1) is 34.2. The van der Waals surface area contributed by atoms with E-state index in [0.29, 0.717) is 13.1 Å². The van der Waals surface area contributed by atoms with Crippen molar-refractivity contribution in [1.82, 2.24) is 4.90 Å². The Kier molecular flexibility index (Phi) is 29.1. The molecule has 0 heterocycles. The van der Waals surface area contributed by atoms with E-state index in [1.807, 2.05) is 0 Å². The summed E-state index contributed by atoms with van der Waals surface area (Å²) in [5, 5.41) is 17.8. The maximum absolute atomic E-state index is 10.2.